The van der Waals surface area contributed by atoms with Crippen molar-refractivity contribution in [1.29, 1.82) is 0 Å². The Morgan fingerprint density at radius 2 is 1.81 bits per heavy atom. The fraction of sp³-hybridized carbons (Fsp3) is 0.611. The zero-order chi connectivity index (χ0) is 15.8. The summed E-state index contributed by atoms with van der Waals surface area (Å²) in [7, 11) is 1.38. The SMILES string of the molecule is CCCCCC(O)/C=C/C=C\CCCC/C=C\C(=O)OC. The minimum atomic E-state index is -0.315. The molecule has 0 aromatic rings. The molecule has 0 bridgehead atoms. The van der Waals surface area contributed by atoms with Gasteiger partial charge in [-0.2, -0.15) is 0 Å². The molecule has 0 rings (SSSR count). The van der Waals surface area contributed by atoms with Gasteiger partial charge in [0.2, 0.25) is 0 Å². The molecule has 0 aromatic heterocycles. The van der Waals surface area contributed by atoms with E-state index in [0.29, 0.717) is 0 Å². The van der Waals surface area contributed by atoms with Crippen LogP contribution in [0.1, 0.15) is 58.3 Å². The summed E-state index contributed by atoms with van der Waals surface area (Å²) in [5, 5.41) is 9.67. The third-order valence-electron chi connectivity index (χ3n) is 3.13. The standard InChI is InChI=1S/C18H30O3/c1-3-4-11-14-17(19)15-12-9-7-5-6-8-10-13-16-18(20)21-2/h7,9,12-13,15-17,19H,3-6,8,10-11,14H2,1-2H3/b9-7-,15-12+,16-13-. The Balaban J connectivity index is 3.51. The second-order valence-corrected chi connectivity index (χ2v) is 5.09. The first-order chi connectivity index (χ1) is 10.2. The molecule has 0 fully saturated rings. The molecule has 0 spiro atoms. The maximum absolute atomic E-state index is 10.8. The van der Waals surface area contributed by atoms with Gasteiger partial charge in [0.15, 0.2) is 0 Å². The number of hydrogen-bond acceptors (Lipinski definition) is 3. The normalized spacial score (nSPS) is 13.5. The van der Waals surface area contributed by atoms with Gasteiger partial charge >= 0.3 is 5.97 Å². The third kappa shape index (κ3) is 14.9. The fourth-order valence-electron chi connectivity index (χ4n) is 1.84. The topological polar surface area (TPSA) is 46.5 Å². The number of allylic oxidation sites excluding steroid dienone is 4. The number of carbonyl (C=O) groups is 1. The maximum Gasteiger partial charge on any atom is 0.330 e. The van der Waals surface area contributed by atoms with Crippen molar-refractivity contribution in [3.63, 3.8) is 0 Å². The highest BCUT2D eigenvalue weighted by Crippen LogP contribution is 2.05. The van der Waals surface area contributed by atoms with E-state index in [4.69, 9.17) is 0 Å². The monoisotopic (exact) mass is 294 g/mol. The predicted octanol–water partition coefficient (Wildman–Crippen LogP) is 4.33. The number of rotatable bonds is 12. The lowest BCUT2D eigenvalue weighted by molar-refractivity contribution is -0.134. The molecule has 0 aromatic carbocycles. The number of esters is 1. The molecular weight excluding hydrogens is 264 g/mol. The molecule has 3 heteroatoms. The number of ether oxygens (including phenoxy) is 1. The zero-order valence-corrected chi connectivity index (χ0v) is 13.5. The Morgan fingerprint density at radius 3 is 2.48 bits per heavy atom. The molecule has 1 N–H and O–H groups in total. The average Bonchev–Trinajstić information content (AvgIpc) is 2.49. The van der Waals surface area contributed by atoms with E-state index >= 15 is 0 Å². The van der Waals surface area contributed by atoms with Gasteiger partial charge in [-0.1, -0.05) is 56.6 Å². The minimum absolute atomic E-state index is 0.294. The third-order valence-corrected chi connectivity index (χ3v) is 3.13. The largest absolute Gasteiger partial charge is 0.466 e. The number of carbonyl (C=O) groups excluding carboxylic acids is 1. The van der Waals surface area contributed by atoms with Crippen molar-refractivity contribution in [2.75, 3.05) is 7.11 Å². The van der Waals surface area contributed by atoms with Gasteiger partial charge in [-0.15, -0.1) is 0 Å². The minimum Gasteiger partial charge on any atom is -0.466 e. The number of unbranched alkanes of at least 4 members (excludes halogenated alkanes) is 5. The molecular formula is C18H30O3. The Hall–Kier alpha value is -1.35. The maximum atomic E-state index is 10.8. The van der Waals surface area contributed by atoms with Crippen molar-refractivity contribution in [2.45, 2.75) is 64.4 Å². The molecule has 0 saturated heterocycles. The molecule has 1 atom stereocenters. The van der Waals surface area contributed by atoms with Crippen LogP contribution in [0.15, 0.2) is 36.5 Å². The summed E-state index contributed by atoms with van der Waals surface area (Å²) in [6, 6.07) is 0. The molecule has 0 saturated carbocycles. The number of hydrogen-bond donors (Lipinski definition) is 1. The van der Waals surface area contributed by atoms with E-state index in [1.807, 2.05) is 24.3 Å². The molecule has 0 aliphatic rings. The van der Waals surface area contributed by atoms with Crippen molar-refractivity contribution in [3.8, 4) is 0 Å². The van der Waals surface area contributed by atoms with Gasteiger partial charge in [-0.05, 0) is 32.1 Å². The van der Waals surface area contributed by atoms with Crippen LogP contribution in [0.4, 0.5) is 0 Å². The van der Waals surface area contributed by atoms with Crippen molar-refractivity contribution < 1.29 is 14.6 Å². The first-order valence-electron chi connectivity index (χ1n) is 7.96. The zero-order valence-electron chi connectivity index (χ0n) is 13.5. The van der Waals surface area contributed by atoms with Gasteiger partial charge in [0.05, 0.1) is 13.2 Å². The summed E-state index contributed by atoms with van der Waals surface area (Å²) in [5.74, 6) is -0.294. The van der Waals surface area contributed by atoms with Crippen LogP contribution in [0.2, 0.25) is 0 Å². The van der Waals surface area contributed by atoms with E-state index in [1.165, 1.54) is 26.0 Å². The average molecular weight is 294 g/mol. The Labute approximate surface area is 129 Å². The molecule has 0 heterocycles. The van der Waals surface area contributed by atoms with Crippen molar-refractivity contribution in [2.24, 2.45) is 0 Å². The van der Waals surface area contributed by atoms with E-state index in [0.717, 1.165) is 38.5 Å². The Kier molecular flexibility index (Phi) is 14.1. The highest BCUT2D eigenvalue weighted by molar-refractivity contribution is 5.81. The Bertz CT molecular complexity index is 329. The van der Waals surface area contributed by atoms with Gasteiger partial charge in [-0.3, -0.25) is 0 Å². The van der Waals surface area contributed by atoms with Crippen LogP contribution in [0, 0.1) is 0 Å². The molecule has 0 radical (unpaired) electrons. The smallest absolute Gasteiger partial charge is 0.330 e. The molecule has 1 unspecified atom stereocenters. The van der Waals surface area contributed by atoms with Crippen LogP contribution in [0.25, 0.3) is 0 Å². The van der Waals surface area contributed by atoms with Crippen LogP contribution in [-0.2, 0) is 9.53 Å². The number of aliphatic hydroxyl groups excluding tert-OH is 1. The van der Waals surface area contributed by atoms with Gasteiger partial charge in [0.25, 0.3) is 0 Å². The molecule has 0 aliphatic carbocycles. The van der Waals surface area contributed by atoms with Gasteiger partial charge in [-0.25, -0.2) is 4.79 Å². The highest BCUT2D eigenvalue weighted by atomic mass is 16.5. The Morgan fingerprint density at radius 1 is 1.10 bits per heavy atom. The lowest BCUT2D eigenvalue weighted by Crippen LogP contribution is -2.00. The quantitative estimate of drug-likeness (QED) is 0.252. The van der Waals surface area contributed by atoms with Crippen LogP contribution in [0.5, 0.6) is 0 Å². The van der Waals surface area contributed by atoms with Crippen LogP contribution in [0.3, 0.4) is 0 Å². The van der Waals surface area contributed by atoms with E-state index < -0.39 is 0 Å². The summed E-state index contributed by atoms with van der Waals surface area (Å²) in [6.07, 6.45) is 19.3. The van der Waals surface area contributed by atoms with Crippen LogP contribution < -0.4 is 0 Å². The van der Waals surface area contributed by atoms with E-state index in [-0.39, 0.29) is 12.1 Å². The molecule has 0 amide bonds. The fourth-order valence-corrected chi connectivity index (χ4v) is 1.84. The van der Waals surface area contributed by atoms with Gasteiger partial charge in [0.1, 0.15) is 0 Å². The summed E-state index contributed by atoms with van der Waals surface area (Å²) in [5.41, 5.74) is 0. The molecule has 120 valence electrons. The van der Waals surface area contributed by atoms with Crippen LogP contribution in [-0.4, -0.2) is 24.3 Å². The predicted molar refractivity (Wildman–Crippen MR) is 88.1 cm³/mol. The number of methoxy groups -OCH3 is 1. The van der Waals surface area contributed by atoms with Crippen LogP contribution >= 0.6 is 0 Å². The highest BCUT2D eigenvalue weighted by Gasteiger charge is 1.96. The van der Waals surface area contributed by atoms with E-state index in [9.17, 15) is 9.90 Å². The second kappa shape index (κ2) is 15.0. The van der Waals surface area contributed by atoms with E-state index in [1.54, 1.807) is 0 Å². The first kappa shape index (κ1) is 19.7. The van der Waals surface area contributed by atoms with Crippen molar-refractivity contribution in [1.82, 2.24) is 0 Å². The van der Waals surface area contributed by atoms with Gasteiger partial charge < -0.3 is 9.84 Å². The summed E-state index contributed by atoms with van der Waals surface area (Å²) in [4.78, 5) is 10.8. The first-order valence-corrected chi connectivity index (χ1v) is 7.96. The lowest BCUT2D eigenvalue weighted by atomic mass is 10.1. The van der Waals surface area contributed by atoms with Crippen molar-refractivity contribution >= 4 is 5.97 Å². The lowest BCUT2D eigenvalue weighted by Gasteiger charge is -2.03. The van der Waals surface area contributed by atoms with Gasteiger partial charge in [0, 0.05) is 6.08 Å². The molecule has 0 aliphatic heterocycles. The molecule has 21 heavy (non-hydrogen) atoms. The number of aliphatic hydroxyl groups is 1. The summed E-state index contributed by atoms with van der Waals surface area (Å²) < 4.78 is 4.51. The molecule has 3 nitrogen and oxygen atoms in total. The summed E-state index contributed by atoms with van der Waals surface area (Å²) in [6.45, 7) is 2.16. The summed E-state index contributed by atoms with van der Waals surface area (Å²) >= 11 is 0. The van der Waals surface area contributed by atoms with E-state index in [2.05, 4.69) is 17.7 Å². The second-order valence-electron chi connectivity index (χ2n) is 5.09. The van der Waals surface area contributed by atoms with Crippen molar-refractivity contribution in [3.05, 3.63) is 36.5 Å².